The number of guanidine groups is 1. The maximum absolute atomic E-state index is 11.8. The van der Waals surface area contributed by atoms with E-state index < -0.39 is 0 Å². The molecule has 0 saturated carbocycles. The number of carbonyl (C=O) groups is 1. The summed E-state index contributed by atoms with van der Waals surface area (Å²) in [5, 5.41) is 6.85. The summed E-state index contributed by atoms with van der Waals surface area (Å²) in [7, 11) is 1.78. The van der Waals surface area contributed by atoms with Crippen molar-refractivity contribution in [3.8, 4) is 0 Å². The number of nitrogens with zero attached hydrogens (tertiary/aromatic N) is 4. The van der Waals surface area contributed by atoms with Gasteiger partial charge >= 0.3 is 6.09 Å². The van der Waals surface area contributed by atoms with Crippen molar-refractivity contribution in [2.24, 2.45) is 4.99 Å². The highest BCUT2D eigenvalue weighted by atomic mass is 16.6. The molecular formula is C22H32N6O2. The molecule has 8 nitrogen and oxygen atoms in total. The number of nitrogens with one attached hydrogen (secondary N) is 2. The molecule has 3 rings (SSSR count). The minimum atomic E-state index is -0.218. The van der Waals surface area contributed by atoms with Gasteiger partial charge in [-0.25, -0.2) is 9.78 Å². The summed E-state index contributed by atoms with van der Waals surface area (Å²) < 4.78 is 7.26. The van der Waals surface area contributed by atoms with Gasteiger partial charge < -0.3 is 24.8 Å². The predicted octanol–water partition coefficient (Wildman–Crippen LogP) is 2.26. The van der Waals surface area contributed by atoms with Gasteiger partial charge in [0, 0.05) is 58.1 Å². The molecule has 162 valence electrons. The number of imidazole rings is 1. The Labute approximate surface area is 178 Å². The van der Waals surface area contributed by atoms with Crippen LogP contribution >= 0.6 is 0 Å². The molecule has 1 aliphatic rings. The van der Waals surface area contributed by atoms with Crippen LogP contribution in [0, 0.1) is 0 Å². The molecule has 30 heavy (non-hydrogen) atoms. The molecule has 2 heterocycles. The van der Waals surface area contributed by atoms with Crippen LogP contribution in [-0.4, -0.2) is 65.8 Å². The zero-order chi connectivity index (χ0) is 21.2. The van der Waals surface area contributed by atoms with Gasteiger partial charge in [0.05, 0.1) is 6.61 Å². The zero-order valence-electron chi connectivity index (χ0n) is 17.9. The van der Waals surface area contributed by atoms with Gasteiger partial charge in [0.25, 0.3) is 0 Å². The number of ether oxygens (including phenoxy) is 1. The fraction of sp³-hybridized carbons (Fsp3) is 0.500. The van der Waals surface area contributed by atoms with E-state index >= 15 is 0 Å². The Hall–Kier alpha value is -3.03. The van der Waals surface area contributed by atoms with E-state index in [4.69, 9.17) is 4.74 Å². The third-order valence-electron chi connectivity index (χ3n) is 5.22. The second-order valence-corrected chi connectivity index (χ2v) is 7.31. The van der Waals surface area contributed by atoms with Gasteiger partial charge in [-0.1, -0.05) is 30.3 Å². The summed E-state index contributed by atoms with van der Waals surface area (Å²) >= 11 is 0. The van der Waals surface area contributed by atoms with E-state index in [-0.39, 0.29) is 6.09 Å². The van der Waals surface area contributed by atoms with Crippen LogP contribution in [0.3, 0.4) is 0 Å². The van der Waals surface area contributed by atoms with Crippen molar-refractivity contribution >= 4 is 12.1 Å². The smallest absolute Gasteiger partial charge is 0.409 e. The molecule has 1 aromatic carbocycles. The molecule has 1 fully saturated rings. The number of aromatic nitrogens is 2. The minimum Gasteiger partial charge on any atom is -0.450 e. The lowest BCUT2D eigenvalue weighted by atomic mass is 10.1. The number of aliphatic imine (C=N–C) groups is 1. The average Bonchev–Trinajstić information content (AvgIpc) is 3.21. The largest absolute Gasteiger partial charge is 0.450 e. The van der Waals surface area contributed by atoms with Crippen LogP contribution in [0.4, 0.5) is 4.79 Å². The first-order valence-corrected chi connectivity index (χ1v) is 10.6. The maximum atomic E-state index is 11.8. The third-order valence-corrected chi connectivity index (χ3v) is 5.22. The number of hydrogen-bond donors (Lipinski definition) is 2. The van der Waals surface area contributed by atoms with Crippen molar-refractivity contribution in [1.82, 2.24) is 25.1 Å². The van der Waals surface area contributed by atoms with E-state index in [0.717, 1.165) is 44.1 Å². The molecule has 1 aromatic heterocycles. The summed E-state index contributed by atoms with van der Waals surface area (Å²) in [5.74, 6) is 1.83. The third kappa shape index (κ3) is 6.23. The van der Waals surface area contributed by atoms with Gasteiger partial charge in [-0.2, -0.15) is 0 Å². The normalized spacial score (nSPS) is 15.1. The van der Waals surface area contributed by atoms with Crippen LogP contribution in [0.15, 0.2) is 47.7 Å². The Kier molecular flexibility index (Phi) is 8.11. The molecule has 0 radical (unpaired) electrons. The summed E-state index contributed by atoms with van der Waals surface area (Å²) in [6.07, 6.45) is 6.21. The molecule has 2 N–H and O–H groups in total. The average molecular weight is 413 g/mol. The first-order valence-electron chi connectivity index (χ1n) is 10.6. The standard InChI is InChI=1S/C22H32N6O2/c1-3-30-22(29)27-14-10-19(11-15-27)26-21(23-2)25-12-9-20-24-13-16-28(20)17-18-7-5-4-6-8-18/h4-8,13,16,19H,3,9-12,14-15,17H2,1-2H3,(H2,23,25,26). The van der Waals surface area contributed by atoms with Gasteiger partial charge in [0.1, 0.15) is 5.82 Å². The maximum Gasteiger partial charge on any atom is 0.409 e. The monoisotopic (exact) mass is 412 g/mol. The molecule has 8 heteroatoms. The SMILES string of the molecule is CCOC(=O)N1CCC(NC(=NC)NCCc2nccn2Cc2ccccc2)CC1. The van der Waals surface area contributed by atoms with Gasteiger partial charge in [-0.15, -0.1) is 0 Å². The lowest BCUT2D eigenvalue weighted by Gasteiger charge is -2.32. The van der Waals surface area contributed by atoms with Gasteiger partial charge in [0.2, 0.25) is 0 Å². The number of amides is 1. The molecule has 1 aliphatic heterocycles. The highest BCUT2D eigenvalue weighted by Gasteiger charge is 2.24. The Morgan fingerprint density at radius 3 is 2.73 bits per heavy atom. The van der Waals surface area contributed by atoms with Crippen LogP contribution in [0.1, 0.15) is 31.2 Å². The Bertz CT molecular complexity index is 812. The van der Waals surface area contributed by atoms with E-state index in [9.17, 15) is 4.79 Å². The predicted molar refractivity (Wildman–Crippen MR) is 118 cm³/mol. The van der Waals surface area contributed by atoms with E-state index in [1.807, 2.05) is 25.4 Å². The molecule has 1 amide bonds. The molecule has 0 spiro atoms. The van der Waals surface area contributed by atoms with E-state index in [1.54, 1.807) is 11.9 Å². The van der Waals surface area contributed by atoms with Crippen LogP contribution in [0.2, 0.25) is 0 Å². The minimum absolute atomic E-state index is 0.218. The van der Waals surface area contributed by atoms with E-state index in [2.05, 4.69) is 49.4 Å². The summed E-state index contributed by atoms with van der Waals surface area (Å²) in [6, 6.07) is 10.7. The Morgan fingerprint density at radius 1 is 1.27 bits per heavy atom. The number of rotatable bonds is 7. The van der Waals surface area contributed by atoms with Crippen molar-refractivity contribution in [2.45, 2.75) is 38.8 Å². The summed E-state index contributed by atoms with van der Waals surface area (Å²) in [6.45, 7) is 5.21. The van der Waals surface area contributed by atoms with Gasteiger partial charge in [-0.05, 0) is 25.3 Å². The molecule has 0 unspecified atom stereocenters. The zero-order valence-corrected chi connectivity index (χ0v) is 17.9. The van der Waals surface area contributed by atoms with E-state index in [0.29, 0.717) is 25.7 Å². The number of likely N-dealkylation sites (tertiary alicyclic amines) is 1. The molecule has 0 bridgehead atoms. The highest BCUT2D eigenvalue weighted by molar-refractivity contribution is 5.80. The lowest BCUT2D eigenvalue weighted by molar-refractivity contribution is 0.0963. The van der Waals surface area contributed by atoms with Crippen molar-refractivity contribution in [1.29, 1.82) is 0 Å². The van der Waals surface area contributed by atoms with E-state index in [1.165, 1.54) is 5.56 Å². The molecule has 0 aliphatic carbocycles. The quantitative estimate of drug-likeness (QED) is 0.538. The molecule has 1 saturated heterocycles. The fourth-order valence-corrected chi connectivity index (χ4v) is 3.59. The first-order chi connectivity index (χ1) is 14.7. The lowest BCUT2D eigenvalue weighted by Crippen LogP contribution is -2.50. The van der Waals surface area contributed by atoms with Crippen molar-refractivity contribution in [2.75, 3.05) is 33.3 Å². The van der Waals surface area contributed by atoms with Crippen molar-refractivity contribution in [3.05, 3.63) is 54.1 Å². The van der Waals surface area contributed by atoms with Crippen LogP contribution in [-0.2, 0) is 17.7 Å². The second kappa shape index (κ2) is 11.2. The highest BCUT2D eigenvalue weighted by Crippen LogP contribution is 2.11. The second-order valence-electron chi connectivity index (χ2n) is 7.31. The topological polar surface area (TPSA) is 83.8 Å². The molecular weight excluding hydrogens is 380 g/mol. The number of hydrogen-bond acceptors (Lipinski definition) is 4. The van der Waals surface area contributed by atoms with Gasteiger partial charge in [-0.3, -0.25) is 4.99 Å². The van der Waals surface area contributed by atoms with Crippen LogP contribution < -0.4 is 10.6 Å². The Balaban J connectivity index is 1.42. The number of carbonyl (C=O) groups excluding carboxylic acids is 1. The van der Waals surface area contributed by atoms with Crippen LogP contribution in [0.5, 0.6) is 0 Å². The summed E-state index contributed by atoms with van der Waals surface area (Å²) in [5.41, 5.74) is 1.26. The summed E-state index contributed by atoms with van der Waals surface area (Å²) in [4.78, 5) is 22.4. The van der Waals surface area contributed by atoms with Crippen LogP contribution in [0.25, 0.3) is 0 Å². The number of piperidine rings is 1. The first kappa shape index (κ1) is 21.7. The van der Waals surface area contributed by atoms with Gasteiger partial charge in [0.15, 0.2) is 5.96 Å². The van der Waals surface area contributed by atoms with Crippen molar-refractivity contribution < 1.29 is 9.53 Å². The number of benzene rings is 1. The molecule has 0 atom stereocenters. The Morgan fingerprint density at radius 2 is 2.03 bits per heavy atom. The van der Waals surface area contributed by atoms with Crippen molar-refractivity contribution in [3.63, 3.8) is 0 Å². The fourth-order valence-electron chi connectivity index (χ4n) is 3.59. The molecule has 2 aromatic rings.